The van der Waals surface area contributed by atoms with Gasteiger partial charge in [0.25, 0.3) is 0 Å². The normalized spacial score (nSPS) is 12.4. The Morgan fingerprint density at radius 1 is 1.16 bits per heavy atom. The number of rotatable bonds is 10. The highest BCUT2D eigenvalue weighted by Crippen LogP contribution is 2.29. The number of hydrogen-bond donors (Lipinski definition) is 5. The fourth-order valence-electron chi connectivity index (χ4n) is 3.56. The van der Waals surface area contributed by atoms with Crippen molar-refractivity contribution in [2.75, 3.05) is 23.8 Å². The first-order valence-corrected chi connectivity index (χ1v) is 11.5. The summed E-state index contributed by atoms with van der Waals surface area (Å²) in [5, 5.41) is 30.3. The first-order valence-electron chi connectivity index (χ1n) is 11.5. The van der Waals surface area contributed by atoms with Crippen LogP contribution in [0.4, 0.5) is 25.5 Å². The second-order valence-electron chi connectivity index (χ2n) is 8.15. The van der Waals surface area contributed by atoms with E-state index >= 15 is 0 Å². The Hall–Kier alpha value is -4.91. The van der Waals surface area contributed by atoms with E-state index in [1.165, 1.54) is 28.9 Å². The predicted octanol–water partition coefficient (Wildman–Crippen LogP) is 3.66. The minimum absolute atomic E-state index is 0.164. The number of aliphatic hydroxyl groups is 1. The lowest BCUT2D eigenvalue weighted by Gasteiger charge is -2.21. The SMILES string of the molecule is CC(Nc1ccn2ncc(NC(=O)Oc3ccccc3)c2n1)c1cc(F)ccc1OCC(CO)NC(=O)O. The van der Waals surface area contributed by atoms with Crippen molar-refractivity contribution in [1.29, 1.82) is 0 Å². The van der Waals surface area contributed by atoms with Crippen LogP contribution >= 0.6 is 0 Å². The molecule has 0 radical (unpaired) electrons. The zero-order valence-corrected chi connectivity index (χ0v) is 20.2. The number of carbonyl (C=O) groups is 2. The number of para-hydroxylation sites is 1. The maximum Gasteiger partial charge on any atom is 0.417 e. The number of ether oxygens (including phenoxy) is 2. The Balaban J connectivity index is 1.48. The molecule has 38 heavy (non-hydrogen) atoms. The van der Waals surface area contributed by atoms with Crippen LogP contribution < -0.4 is 25.4 Å². The van der Waals surface area contributed by atoms with E-state index in [0.717, 1.165) is 0 Å². The van der Waals surface area contributed by atoms with Gasteiger partial charge in [0.2, 0.25) is 0 Å². The summed E-state index contributed by atoms with van der Waals surface area (Å²) in [5.74, 6) is 0.586. The zero-order valence-electron chi connectivity index (χ0n) is 20.2. The lowest BCUT2D eigenvalue weighted by atomic mass is 10.1. The van der Waals surface area contributed by atoms with Gasteiger partial charge >= 0.3 is 12.2 Å². The molecule has 13 heteroatoms. The van der Waals surface area contributed by atoms with Crippen LogP contribution in [0, 0.1) is 5.82 Å². The number of benzene rings is 2. The molecule has 2 atom stereocenters. The number of carbonyl (C=O) groups excluding carboxylic acids is 1. The fraction of sp³-hybridized carbons (Fsp3) is 0.200. The van der Waals surface area contributed by atoms with Crippen molar-refractivity contribution in [1.82, 2.24) is 19.9 Å². The molecule has 12 nitrogen and oxygen atoms in total. The maximum atomic E-state index is 14.1. The molecule has 5 N–H and O–H groups in total. The van der Waals surface area contributed by atoms with Crippen LogP contribution in [-0.2, 0) is 0 Å². The topological polar surface area (TPSA) is 159 Å². The number of fused-ring (bicyclic) bond motifs is 1. The molecule has 2 aromatic carbocycles. The first kappa shape index (κ1) is 26.2. The van der Waals surface area contributed by atoms with E-state index in [-0.39, 0.29) is 6.61 Å². The minimum atomic E-state index is -1.30. The lowest BCUT2D eigenvalue weighted by molar-refractivity contribution is 0.156. The van der Waals surface area contributed by atoms with Crippen molar-refractivity contribution in [3.63, 3.8) is 0 Å². The standard InChI is InChI=1S/C25H25FN6O6/c1-15(19-11-16(26)7-8-21(19)37-14-17(13-33)29-24(34)35)28-22-9-10-32-23(31-22)20(12-27-32)30-25(36)38-18-5-3-2-4-6-18/h2-12,15,17,29,33H,13-14H2,1H3,(H,28,31)(H,30,36)(H,34,35). The molecule has 0 aliphatic rings. The average Bonchev–Trinajstić information content (AvgIpc) is 3.29. The number of amides is 2. The maximum absolute atomic E-state index is 14.1. The van der Waals surface area contributed by atoms with Gasteiger partial charge in [0.1, 0.15) is 35.4 Å². The molecular weight excluding hydrogens is 499 g/mol. The Morgan fingerprint density at radius 3 is 2.68 bits per heavy atom. The number of anilines is 2. The number of hydrogen-bond acceptors (Lipinski definition) is 8. The summed E-state index contributed by atoms with van der Waals surface area (Å²) < 4.78 is 26.5. The van der Waals surface area contributed by atoms with Gasteiger partial charge in [-0.15, -0.1) is 0 Å². The summed E-state index contributed by atoms with van der Waals surface area (Å²) in [6.07, 6.45) is 1.06. The molecular formula is C25H25FN6O6. The number of nitrogens with one attached hydrogen (secondary N) is 3. The highest BCUT2D eigenvalue weighted by atomic mass is 19.1. The summed E-state index contributed by atoms with van der Waals surface area (Å²) in [6, 6.07) is 12.8. The molecule has 0 fully saturated rings. The van der Waals surface area contributed by atoms with Crippen LogP contribution in [0.2, 0.25) is 0 Å². The second-order valence-corrected chi connectivity index (χ2v) is 8.15. The number of halogens is 1. The van der Waals surface area contributed by atoms with Gasteiger partial charge < -0.3 is 30.3 Å². The Morgan fingerprint density at radius 2 is 1.95 bits per heavy atom. The van der Waals surface area contributed by atoms with Gasteiger partial charge in [0.15, 0.2) is 5.65 Å². The third-order valence-electron chi connectivity index (χ3n) is 5.35. The molecule has 4 rings (SSSR count). The number of carboxylic acid groups (broad SMARTS) is 1. The van der Waals surface area contributed by atoms with Gasteiger partial charge in [-0.3, -0.25) is 5.32 Å². The molecule has 0 aliphatic heterocycles. The highest BCUT2D eigenvalue weighted by Gasteiger charge is 2.18. The van der Waals surface area contributed by atoms with Crippen LogP contribution in [0.1, 0.15) is 18.5 Å². The fourth-order valence-corrected chi connectivity index (χ4v) is 3.56. The van der Waals surface area contributed by atoms with Crippen molar-refractivity contribution in [2.45, 2.75) is 19.0 Å². The zero-order chi connectivity index (χ0) is 27.1. The van der Waals surface area contributed by atoms with Gasteiger partial charge in [0, 0.05) is 11.8 Å². The van der Waals surface area contributed by atoms with E-state index < -0.39 is 36.7 Å². The van der Waals surface area contributed by atoms with Gasteiger partial charge in [0.05, 0.1) is 24.9 Å². The number of aliphatic hydroxyl groups excluding tert-OH is 1. The molecule has 0 aliphatic carbocycles. The molecule has 2 heterocycles. The third-order valence-corrected chi connectivity index (χ3v) is 5.35. The van der Waals surface area contributed by atoms with Gasteiger partial charge in [-0.05, 0) is 43.3 Å². The molecule has 2 amide bonds. The molecule has 2 unspecified atom stereocenters. The molecule has 198 valence electrons. The van der Waals surface area contributed by atoms with Gasteiger partial charge in [-0.2, -0.15) is 5.10 Å². The molecule has 0 saturated carbocycles. The minimum Gasteiger partial charge on any atom is -0.491 e. The molecule has 0 saturated heterocycles. The van der Waals surface area contributed by atoms with Crippen LogP contribution in [0.5, 0.6) is 11.5 Å². The number of nitrogens with zero attached hydrogens (tertiary/aromatic N) is 3. The second kappa shape index (κ2) is 11.9. The average molecular weight is 525 g/mol. The smallest absolute Gasteiger partial charge is 0.417 e. The van der Waals surface area contributed by atoms with Crippen molar-refractivity contribution in [2.24, 2.45) is 0 Å². The third kappa shape index (κ3) is 6.64. The van der Waals surface area contributed by atoms with Gasteiger partial charge in [-0.1, -0.05) is 18.2 Å². The Labute approximate surface area is 216 Å². The molecule has 4 aromatic rings. The Bertz CT molecular complexity index is 1420. The van der Waals surface area contributed by atoms with Crippen LogP contribution in [-0.4, -0.2) is 56.3 Å². The van der Waals surface area contributed by atoms with E-state index in [2.05, 4.69) is 26.0 Å². The summed E-state index contributed by atoms with van der Waals surface area (Å²) in [6.45, 7) is 1.13. The summed E-state index contributed by atoms with van der Waals surface area (Å²) >= 11 is 0. The van der Waals surface area contributed by atoms with Crippen molar-refractivity contribution in [3.8, 4) is 11.5 Å². The van der Waals surface area contributed by atoms with Gasteiger partial charge in [-0.25, -0.2) is 23.5 Å². The molecule has 0 spiro atoms. The van der Waals surface area contributed by atoms with E-state index in [1.54, 1.807) is 49.5 Å². The van der Waals surface area contributed by atoms with E-state index in [4.69, 9.17) is 14.6 Å². The highest BCUT2D eigenvalue weighted by molar-refractivity contribution is 5.90. The van der Waals surface area contributed by atoms with E-state index in [9.17, 15) is 19.1 Å². The summed E-state index contributed by atoms with van der Waals surface area (Å²) in [5.41, 5.74) is 1.10. The number of aromatic nitrogens is 3. The largest absolute Gasteiger partial charge is 0.491 e. The monoisotopic (exact) mass is 524 g/mol. The van der Waals surface area contributed by atoms with Crippen LogP contribution in [0.25, 0.3) is 5.65 Å². The van der Waals surface area contributed by atoms with Crippen molar-refractivity contribution < 1.29 is 33.7 Å². The summed E-state index contributed by atoms with van der Waals surface area (Å²) in [7, 11) is 0. The van der Waals surface area contributed by atoms with Crippen molar-refractivity contribution in [3.05, 3.63) is 78.4 Å². The molecule has 2 aromatic heterocycles. The van der Waals surface area contributed by atoms with Crippen LogP contribution in [0.3, 0.4) is 0 Å². The first-order chi connectivity index (χ1) is 18.3. The Kier molecular flexibility index (Phi) is 8.18. The predicted molar refractivity (Wildman–Crippen MR) is 135 cm³/mol. The van der Waals surface area contributed by atoms with E-state index in [0.29, 0.717) is 34.2 Å². The molecule has 0 bridgehead atoms. The van der Waals surface area contributed by atoms with Crippen molar-refractivity contribution >= 4 is 29.3 Å². The van der Waals surface area contributed by atoms with Crippen LogP contribution in [0.15, 0.2) is 67.0 Å². The summed E-state index contributed by atoms with van der Waals surface area (Å²) in [4.78, 5) is 27.7. The van der Waals surface area contributed by atoms with E-state index in [1.807, 2.05) is 0 Å². The quantitative estimate of drug-likeness (QED) is 0.209. The lowest BCUT2D eigenvalue weighted by Crippen LogP contribution is -2.41.